The summed E-state index contributed by atoms with van der Waals surface area (Å²) in [5, 5.41) is 13.6. The molecule has 0 bridgehead atoms. The number of hydrogen-bond donors (Lipinski definition) is 3. The van der Waals surface area contributed by atoms with Crippen LogP contribution in [-0.4, -0.2) is 40.0 Å². The number of aromatic amines is 1. The summed E-state index contributed by atoms with van der Waals surface area (Å²) in [6.07, 6.45) is 2.01. The number of carbonyl (C=O) groups is 2. The van der Waals surface area contributed by atoms with Crippen LogP contribution in [0.15, 0.2) is 48.5 Å². The molecule has 0 saturated carbocycles. The van der Waals surface area contributed by atoms with E-state index in [4.69, 9.17) is 0 Å². The van der Waals surface area contributed by atoms with E-state index in [1.165, 1.54) is 5.56 Å². The third-order valence-electron chi connectivity index (χ3n) is 6.15. The van der Waals surface area contributed by atoms with Gasteiger partial charge in [-0.1, -0.05) is 44.2 Å². The zero-order valence-electron chi connectivity index (χ0n) is 18.0. The van der Waals surface area contributed by atoms with Gasteiger partial charge in [-0.2, -0.15) is 0 Å². The van der Waals surface area contributed by atoms with Crippen molar-refractivity contribution in [2.75, 3.05) is 18.4 Å². The SMILES string of the molecule is CC(C)C(=O)Nc1cccc(C2CCN(Cc3c(C(=O)O)[nH]c4ccccc34)CC2)c1. The molecular weight excluding hydrogens is 390 g/mol. The summed E-state index contributed by atoms with van der Waals surface area (Å²) >= 11 is 0. The van der Waals surface area contributed by atoms with E-state index in [-0.39, 0.29) is 17.5 Å². The third kappa shape index (κ3) is 4.64. The lowest BCUT2D eigenvalue weighted by Gasteiger charge is -2.32. The minimum absolute atomic E-state index is 0.0277. The van der Waals surface area contributed by atoms with Crippen LogP contribution in [0.1, 0.15) is 54.2 Å². The van der Waals surface area contributed by atoms with Crippen molar-refractivity contribution in [1.82, 2.24) is 9.88 Å². The number of carboxylic acids is 1. The predicted molar refractivity (Wildman–Crippen MR) is 122 cm³/mol. The normalized spacial score (nSPS) is 15.5. The van der Waals surface area contributed by atoms with Crippen molar-refractivity contribution in [3.63, 3.8) is 0 Å². The van der Waals surface area contributed by atoms with Gasteiger partial charge in [0.2, 0.25) is 5.91 Å². The summed E-state index contributed by atoms with van der Waals surface area (Å²) < 4.78 is 0. The van der Waals surface area contributed by atoms with Crippen LogP contribution in [0, 0.1) is 5.92 Å². The molecule has 2 heterocycles. The highest BCUT2D eigenvalue weighted by Gasteiger charge is 2.24. The zero-order valence-corrected chi connectivity index (χ0v) is 18.0. The molecule has 31 heavy (non-hydrogen) atoms. The number of rotatable bonds is 6. The second-order valence-corrected chi connectivity index (χ2v) is 8.65. The number of aromatic nitrogens is 1. The molecule has 6 heteroatoms. The summed E-state index contributed by atoms with van der Waals surface area (Å²) in [4.78, 5) is 29.1. The molecule has 1 fully saturated rings. The Hall–Kier alpha value is -3.12. The summed E-state index contributed by atoms with van der Waals surface area (Å²) in [6, 6.07) is 15.9. The van der Waals surface area contributed by atoms with Gasteiger partial charge >= 0.3 is 5.97 Å². The number of nitrogens with one attached hydrogen (secondary N) is 2. The Labute approximate surface area is 182 Å². The van der Waals surface area contributed by atoms with E-state index in [9.17, 15) is 14.7 Å². The fraction of sp³-hybridized carbons (Fsp3) is 0.360. The van der Waals surface area contributed by atoms with Gasteiger partial charge in [0.05, 0.1) is 0 Å². The van der Waals surface area contributed by atoms with Crippen molar-refractivity contribution in [3.05, 3.63) is 65.4 Å². The number of anilines is 1. The van der Waals surface area contributed by atoms with Crippen molar-refractivity contribution < 1.29 is 14.7 Å². The molecule has 1 aliphatic heterocycles. The van der Waals surface area contributed by atoms with Crippen LogP contribution >= 0.6 is 0 Å². The number of carboxylic acid groups (broad SMARTS) is 1. The number of fused-ring (bicyclic) bond motifs is 1. The Morgan fingerprint density at radius 3 is 2.58 bits per heavy atom. The number of aromatic carboxylic acids is 1. The smallest absolute Gasteiger partial charge is 0.352 e. The standard InChI is InChI=1S/C25H29N3O3/c1-16(2)24(29)26-19-7-5-6-18(14-19)17-10-12-28(13-11-17)15-21-20-8-3-4-9-22(20)27-23(21)25(30)31/h3-9,14,16-17,27H,10-13,15H2,1-2H3,(H,26,29)(H,30,31). The number of H-pyrrole nitrogens is 1. The van der Waals surface area contributed by atoms with Gasteiger partial charge in [0, 0.05) is 34.6 Å². The molecular formula is C25H29N3O3. The first-order valence-corrected chi connectivity index (χ1v) is 10.9. The zero-order chi connectivity index (χ0) is 22.0. The third-order valence-corrected chi connectivity index (χ3v) is 6.15. The fourth-order valence-corrected chi connectivity index (χ4v) is 4.35. The lowest BCUT2D eigenvalue weighted by atomic mass is 9.89. The maximum atomic E-state index is 12.0. The van der Waals surface area contributed by atoms with Gasteiger partial charge in [-0.05, 0) is 55.6 Å². The van der Waals surface area contributed by atoms with Crippen LogP contribution in [0.4, 0.5) is 5.69 Å². The lowest BCUT2D eigenvalue weighted by molar-refractivity contribution is -0.118. The molecule has 0 aliphatic carbocycles. The lowest BCUT2D eigenvalue weighted by Crippen LogP contribution is -2.32. The summed E-state index contributed by atoms with van der Waals surface area (Å²) in [5.74, 6) is -0.498. The summed E-state index contributed by atoms with van der Waals surface area (Å²) in [5.41, 5.74) is 4.12. The number of likely N-dealkylation sites (tertiary alicyclic amines) is 1. The Balaban J connectivity index is 1.43. The second kappa shape index (κ2) is 8.94. The molecule has 0 radical (unpaired) electrons. The van der Waals surface area contributed by atoms with Gasteiger partial charge in [0.1, 0.15) is 5.69 Å². The van der Waals surface area contributed by atoms with Crippen LogP contribution in [0.2, 0.25) is 0 Å². The number of piperidine rings is 1. The van der Waals surface area contributed by atoms with Crippen molar-refractivity contribution in [2.24, 2.45) is 5.92 Å². The first kappa shape index (κ1) is 21.1. The van der Waals surface area contributed by atoms with E-state index in [0.717, 1.165) is 48.1 Å². The van der Waals surface area contributed by atoms with Gasteiger partial charge in [0.15, 0.2) is 0 Å². The number of nitrogens with zero attached hydrogens (tertiary/aromatic N) is 1. The molecule has 1 aromatic heterocycles. The predicted octanol–water partition coefficient (Wildman–Crippen LogP) is 4.84. The van der Waals surface area contributed by atoms with E-state index in [1.54, 1.807) is 0 Å². The van der Waals surface area contributed by atoms with Crippen LogP contribution in [0.3, 0.4) is 0 Å². The van der Waals surface area contributed by atoms with E-state index < -0.39 is 5.97 Å². The summed E-state index contributed by atoms with van der Waals surface area (Å²) in [7, 11) is 0. The highest BCUT2D eigenvalue weighted by Crippen LogP contribution is 2.31. The van der Waals surface area contributed by atoms with E-state index in [0.29, 0.717) is 12.5 Å². The molecule has 2 aromatic carbocycles. The van der Waals surface area contributed by atoms with E-state index >= 15 is 0 Å². The average Bonchev–Trinajstić information content (AvgIpc) is 3.13. The Morgan fingerprint density at radius 1 is 1.13 bits per heavy atom. The first-order valence-electron chi connectivity index (χ1n) is 10.9. The number of amides is 1. The Bertz CT molecular complexity index is 1090. The van der Waals surface area contributed by atoms with Crippen molar-refractivity contribution in [1.29, 1.82) is 0 Å². The molecule has 1 saturated heterocycles. The quantitative estimate of drug-likeness (QED) is 0.534. The van der Waals surface area contributed by atoms with Crippen LogP contribution in [-0.2, 0) is 11.3 Å². The first-order chi connectivity index (χ1) is 14.9. The van der Waals surface area contributed by atoms with Crippen LogP contribution < -0.4 is 5.32 Å². The summed E-state index contributed by atoms with van der Waals surface area (Å²) in [6.45, 7) is 6.22. The van der Waals surface area contributed by atoms with Gasteiger partial charge in [0.25, 0.3) is 0 Å². The Morgan fingerprint density at radius 2 is 1.87 bits per heavy atom. The van der Waals surface area contributed by atoms with Crippen molar-refractivity contribution in [2.45, 2.75) is 39.2 Å². The molecule has 4 rings (SSSR count). The monoisotopic (exact) mass is 419 g/mol. The minimum atomic E-state index is -0.915. The second-order valence-electron chi connectivity index (χ2n) is 8.65. The molecule has 0 unspecified atom stereocenters. The van der Waals surface area contributed by atoms with Gasteiger partial charge in [-0.3, -0.25) is 9.69 Å². The molecule has 0 spiro atoms. The molecule has 3 aromatic rings. The number of benzene rings is 2. The van der Waals surface area contributed by atoms with E-state index in [2.05, 4.69) is 27.3 Å². The molecule has 0 atom stereocenters. The molecule has 1 aliphatic rings. The number of carbonyl (C=O) groups excluding carboxylic acids is 1. The maximum Gasteiger partial charge on any atom is 0.352 e. The highest BCUT2D eigenvalue weighted by molar-refractivity contribution is 5.97. The van der Waals surface area contributed by atoms with Gasteiger partial charge in [-0.15, -0.1) is 0 Å². The van der Waals surface area contributed by atoms with Gasteiger partial charge < -0.3 is 15.4 Å². The topological polar surface area (TPSA) is 85.4 Å². The fourth-order valence-electron chi connectivity index (χ4n) is 4.35. The largest absolute Gasteiger partial charge is 0.477 e. The van der Waals surface area contributed by atoms with Crippen molar-refractivity contribution >= 4 is 28.5 Å². The molecule has 3 N–H and O–H groups in total. The maximum absolute atomic E-state index is 12.0. The Kier molecular flexibility index (Phi) is 6.09. The average molecular weight is 420 g/mol. The molecule has 162 valence electrons. The minimum Gasteiger partial charge on any atom is -0.477 e. The number of hydrogen-bond acceptors (Lipinski definition) is 3. The van der Waals surface area contributed by atoms with E-state index in [1.807, 2.05) is 50.2 Å². The molecule has 1 amide bonds. The number of para-hydroxylation sites is 1. The van der Waals surface area contributed by atoms with Crippen molar-refractivity contribution in [3.8, 4) is 0 Å². The molecule has 6 nitrogen and oxygen atoms in total. The van der Waals surface area contributed by atoms with Crippen LogP contribution in [0.25, 0.3) is 10.9 Å². The van der Waals surface area contributed by atoms with Gasteiger partial charge in [-0.25, -0.2) is 4.79 Å². The highest BCUT2D eigenvalue weighted by atomic mass is 16.4. The van der Waals surface area contributed by atoms with Crippen LogP contribution in [0.5, 0.6) is 0 Å².